The van der Waals surface area contributed by atoms with Gasteiger partial charge in [-0.3, -0.25) is 14.1 Å². The summed E-state index contributed by atoms with van der Waals surface area (Å²) in [5.41, 5.74) is 2.46. The average Bonchev–Trinajstić information content (AvgIpc) is 3.50. The van der Waals surface area contributed by atoms with Gasteiger partial charge in [-0.2, -0.15) is 0 Å². The van der Waals surface area contributed by atoms with Crippen LogP contribution in [0.3, 0.4) is 0 Å². The number of pyridine rings is 1. The maximum absolute atomic E-state index is 12.0. The Labute approximate surface area is 170 Å². The summed E-state index contributed by atoms with van der Waals surface area (Å²) in [6.07, 6.45) is 7.94. The quantitative estimate of drug-likeness (QED) is 0.709. The minimum absolute atomic E-state index is 0.123. The van der Waals surface area contributed by atoms with Gasteiger partial charge < -0.3 is 10.6 Å². The number of anilines is 2. The number of fused-ring (bicyclic) bond motifs is 1. The second-order valence-electron chi connectivity index (χ2n) is 7.01. The maximum Gasteiger partial charge on any atom is 0.228 e. The molecule has 3 aromatic heterocycles. The first-order chi connectivity index (χ1) is 14.3. The summed E-state index contributed by atoms with van der Waals surface area (Å²) < 4.78 is 1.96. The van der Waals surface area contributed by atoms with Crippen LogP contribution in [0.25, 0.3) is 17.0 Å². The van der Waals surface area contributed by atoms with E-state index in [0.717, 1.165) is 48.8 Å². The monoisotopic (exact) mass is 393 g/mol. The number of carbonyl (C=O) groups is 1. The number of nitrogens with one attached hydrogen (secondary N) is 2. The van der Waals surface area contributed by atoms with Crippen LogP contribution in [0.1, 0.15) is 33.1 Å². The van der Waals surface area contributed by atoms with Crippen LogP contribution in [-0.2, 0) is 4.79 Å². The van der Waals surface area contributed by atoms with Gasteiger partial charge in [0.1, 0.15) is 5.82 Å². The third-order valence-corrected chi connectivity index (χ3v) is 5.16. The van der Waals surface area contributed by atoms with Crippen LogP contribution in [0.4, 0.5) is 11.6 Å². The van der Waals surface area contributed by atoms with Crippen molar-refractivity contribution >= 4 is 23.2 Å². The number of amides is 1. The Hall–Kier alpha value is -3.00. The fraction of sp³-hybridized carbons (Fsp3) is 0.429. The summed E-state index contributed by atoms with van der Waals surface area (Å²) in [5.74, 6) is 1.65. The molecule has 5 rings (SSSR count). The summed E-state index contributed by atoms with van der Waals surface area (Å²) in [6.45, 7) is 6.71. The molecule has 1 atom stereocenters. The lowest BCUT2D eigenvalue weighted by molar-refractivity contribution is -0.117. The van der Waals surface area contributed by atoms with E-state index >= 15 is 0 Å². The number of hydrogen-bond acceptors (Lipinski definition) is 6. The molecule has 2 fully saturated rings. The van der Waals surface area contributed by atoms with E-state index in [-0.39, 0.29) is 5.91 Å². The molecule has 2 N–H and O–H groups in total. The molecule has 29 heavy (non-hydrogen) atoms. The molecule has 2 aliphatic heterocycles. The molecule has 0 radical (unpaired) electrons. The summed E-state index contributed by atoms with van der Waals surface area (Å²) in [4.78, 5) is 27.4. The molecule has 2 aliphatic rings. The third kappa shape index (κ3) is 3.93. The van der Waals surface area contributed by atoms with Crippen molar-refractivity contribution in [1.82, 2.24) is 24.7 Å². The fourth-order valence-electron chi connectivity index (χ4n) is 3.74. The topological polar surface area (TPSA) is 87.5 Å². The molecule has 1 amide bonds. The van der Waals surface area contributed by atoms with Gasteiger partial charge in [-0.05, 0) is 31.5 Å². The molecule has 0 saturated carbocycles. The first-order valence-corrected chi connectivity index (χ1v) is 10.4. The van der Waals surface area contributed by atoms with E-state index in [1.807, 2.05) is 42.6 Å². The van der Waals surface area contributed by atoms with Gasteiger partial charge in [0.2, 0.25) is 5.91 Å². The SMILES string of the molecule is CC.O=C1CCCN1c1cn2c(-c3cccc(NC4CCNC4)n3)cnc2cn1. The zero-order valence-electron chi connectivity index (χ0n) is 16.9. The predicted molar refractivity (Wildman–Crippen MR) is 114 cm³/mol. The minimum atomic E-state index is 0.123. The highest BCUT2D eigenvalue weighted by Gasteiger charge is 2.23. The molecule has 0 aliphatic carbocycles. The van der Waals surface area contributed by atoms with Gasteiger partial charge in [-0.15, -0.1) is 0 Å². The Morgan fingerprint density at radius 3 is 2.86 bits per heavy atom. The Bertz CT molecular complexity index is 994. The summed E-state index contributed by atoms with van der Waals surface area (Å²) >= 11 is 0. The smallest absolute Gasteiger partial charge is 0.228 e. The predicted octanol–water partition coefficient (Wildman–Crippen LogP) is 2.72. The third-order valence-electron chi connectivity index (χ3n) is 5.16. The van der Waals surface area contributed by atoms with Crippen LogP contribution in [0, 0.1) is 0 Å². The lowest BCUT2D eigenvalue weighted by Crippen LogP contribution is -2.25. The van der Waals surface area contributed by atoms with E-state index in [4.69, 9.17) is 4.98 Å². The number of hydrogen-bond donors (Lipinski definition) is 2. The summed E-state index contributed by atoms with van der Waals surface area (Å²) in [5, 5.41) is 6.84. The van der Waals surface area contributed by atoms with Crippen LogP contribution in [0.5, 0.6) is 0 Å². The zero-order chi connectivity index (χ0) is 20.2. The Morgan fingerprint density at radius 1 is 1.21 bits per heavy atom. The first kappa shape index (κ1) is 19.3. The largest absolute Gasteiger partial charge is 0.366 e. The highest BCUT2D eigenvalue weighted by atomic mass is 16.2. The van der Waals surface area contributed by atoms with Gasteiger partial charge in [0.25, 0.3) is 0 Å². The number of imidazole rings is 1. The van der Waals surface area contributed by atoms with Crippen LogP contribution < -0.4 is 15.5 Å². The van der Waals surface area contributed by atoms with Crippen LogP contribution in [-0.4, -0.2) is 50.9 Å². The minimum Gasteiger partial charge on any atom is -0.366 e. The number of carbonyl (C=O) groups excluding carboxylic acids is 1. The molecule has 8 nitrogen and oxygen atoms in total. The first-order valence-electron chi connectivity index (χ1n) is 10.4. The zero-order valence-corrected chi connectivity index (χ0v) is 16.9. The summed E-state index contributed by atoms with van der Waals surface area (Å²) in [7, 11) is 0. The lowest BCUT2D eigenvalue weighted by atomic mass is 10.2. The molecule has 152 valence electrons. The van der Waals surface area contributed by atoms with Gasteiger partial charge in [-0.1, -0.05) is 19.9 Å². The van der Waals surface area contributed by atoms with Crippen molar-refractivity contribution in [3.05, 3.63) is 36.8 Å². The van der Waals surface area contributed by atoms with E-state index < -0.39 is 0 Å². The van der Waals surface area contributed by atoms with E-state index in [0.29, 0.717) is 24.8 Å². The average molecular weight is 393 g/mol. The highest BCUT2D eigenvalue weighted by molar-refractivity contribution is 5.94. The number of rotatable bonds is 4. The molecule has 1 unspecified atom stereocenters. The van der Waals surface area contributed by atoms with Crippen molar-refractivity contribution in [2.75, 3.05) is 29.9 Å². The van der Waals surface area contributed by atoms with E-state index in [1.54, 1.807) is 17.3 Å². The van der Waals surface area contributed by atoms with E-state index in [1.165, 1.54) is 0 Å². The van der Waals surface area contributed by atoms with Crippen molar-refractivity contribution in [3.8, 4) is 11.4 Å². The Balaban J connectivity index is 0.000000994. The highest BCUT2D eigenvalue weighted by Crippen LogP contribution is 2.24. The second kappa shape index (κ2) is 8.57. The van der Waals surface area contributed by atoms with Gasteiger partial charge >= 0.3 is 0 Å². The van der Waals surface area contributed by atoms with Crippen LogP contribution in [0.15, 0.2) is 36.8 Å². The van der Waals surface area contributed by atoms with Gasteiger partial charge in [-0.25, -0.2) is 15.0 Å². The molecular formula is C21H27N7O. The van der Waals surface area contributed by atoms with Crippen molar-refractivity contribution in [3.63, 3.8) is 0 Å². The van der Waals surface area contributed by atoms with Crippen molar-refractivity contribution < 1.29 is 4.79 Å². The molecule has 5 heterocycles. The van der Waals surface area contributed by atoms with Gasteiger partial charge in [0, 0.05) is 25.6 Å². The van der Waals surface area contributed by atoms with Crippen LogP contribution in [0.2, 0.25) is 0 Å². The maximum atomic E-state index is 12.0. The molecule has 0 spiro atoms. The lowest BCUT2D eigenvalue weighted by Gasteiger charge is -2.15. The van der Waals surface area contributed by atoms with Crippen LogP contribution >= 0.6 is 0 Å². The van der Waals surface area contributed by atoms with Gasteiger partial charge in [0.15, 0.2) is 11.5 Å². The fourth-order valence-corrected chi connectivity index (χ4v) is 3.74. The molecular weight excluding hydrogens is 366 g/mol. The number of nitrogens with zero attached hydrogens (tertiary/aromatic N) is 5. The molecule has 0 aromatic carbocycles. The Kier molecular flexibility index (Phi) is 5.71. The summed E-state index contributed by atoms with van der Waals surface area (Å²) in [6, 6.07) is 6.37. The van der Waals surface area contributed by atoms with Gasteiger partial charge in [0.05, 0.1) is 30.0 Å². The van der Waals surface area contributed by atoms with Crippen molar-refractivity contribution in [2.24, 2.45) is 0 Å². The van der Waals surface area contributed by atoms with Crippen molar-refractivity contribution in [1.29, 1.82) is 0 Å². The molecule has 8 heteroatoms. The standard InChI is InChI=1S/C19H21N7O.C2H6/c27-19-5-2-8-25(19)18-12-26-15(10-21-17(26)11-22-18)14-3-1-4-16(24-14)23-13-6-7-20-9-13;1-2/h1,3-4,10-13,20H,2,5-9H2,(H,23,24);1-2H3. The van der Waals surface area contributed by atoms with Crippen molar-refractivity contribution in [2.45, 2.75) is 39.2 Å². The normalized spacial score (nSPS) is 18.8. The molecule has 2 saturated heterocycles. The number of aromatic nitrogens is 4. The molecule has 0 bridgehead atoms. The molecule has 3 aromatic rings. The van der Waals surface area contributed by atoms with E-state index in [2.05, 4.69) is 20.6 Å². The van der Waals surface area contributed by atoms with E-state index in [9.17, 15) is 4.79 Å². The Morgan fingerprint density at radius 2 is 2.10 bits per heavy atom. The second-order valence-corrected chi connectivity index (χ2v) is 7.01.